The van der Waals surface area contributed by atoms with Crippen molar-refractivity contribution < 1.29 is 19.9 Å². The molecule has 0 fully saturated rings. The first-order valence-electron chi connectivity index (χ1n) is 3.12. The van der Waals surface area contributed by atoms with Crippen molar-refractivity contribution in [1.82, 2.24) is 19.3 Å². The number of imidazole rings is 1. The van der Waals surface area contributed by atoms with Crippen molar-refractivity contribution >= 4 is 20.6 Å². The predicted molar refractivity (Wildman–Crippen MR) is 39.3 cm³/mol. The van der Waals surface area contributed by atoms with E-state index in [0.29, 0.717) is 11.2 Å². The van der Waals surface area contributed by atoms with Gasteiger partial charge in [-0.05, 0) is 15.6 Å². The molecule has 4 nitrogen and oxygen atoms in total. The summed E-state index contributed by atoms with van der Waals surface area (Å²) in [6, 6.07) is 0. The van der Waals surface area contributed by atoms with Gasteiger partial charge in [-0.3, -0.25) is 4.98 Å². The Hall–Kier alpha value is -0.436. The normalized spacial score (nSPS) is 10.8. The standard InChI is InChI=1S/C5H4N4P.V/c10-9-3-8-4-1-6-2-7-5(4)9;/h2-3H,10H2;/q-1;/i2T;. The molecule has 2 heterocycles. The zero-order chi connectivity index (χ0) is 7.84. The summed E-state index contributed by atoms with van der Waals surface area (Å²) in [7, 11) is 2.41. The molecule has 0 N–H and O–H groups in total. The van der Waals surface area contributed by atoms with Gasteiger partial charge in [0.1, 0.15) is 0 Å². The Kier molecular flexibility index (Phi) is 2.17. The predicted octanol–water partition coefficient (Wildman–Crippen LogP) is 0.262. The largest absolute Gasteiger partial charge is 0.374 e. The van der Waals surface area contributed by atoms with Crippen LogP contribution in [0.4, 0.5) is 0 Å². The van der Waals surface area contributed by atoms with Crippen LogP contribution in [0, 0.1) is 6.20 Å². The van der Waals surface area contributed by atoms with Gasteiger partial charge in [0.25, 0.3) is 0 Å². The SMILES string of the molecule is [3H]c1n[c-]c2ncn(P)c2n1.[V]. The molecule has 55 valence electrons. The van der Waals surface area contributed by atoms with Gasteiger partial charge in [0.2, 0.25) is 0 Å². The second-order valence-corrected chi connectivity index (χ2v) is 2.32. The van der Waals surface area contributed by atoms with Crippen LogP contribution in [0.15, 0.2) is 12.6 Å². The van der Waals surface area contributed by atoms with E-state index >= 15 is 0 Å². The summed E-state index contributed by atoms with van der Waals surface area (Å²) in [5, 5.41) is 0. The molecule has 1 atom stereocenters. The third kappa shape index (κ3) is 1.43. The molecule has 2 aromatic heterocycles. The maximum atomic E-state index is 7.11. The quantitative estimate of drug-likeness (QED) is 0.456. The number of fused-ring (bicyclic) bond motifs is 1. The minimum atomic E-state index is -0.0401. The summed E-state index contributed by atoms with van der Waals surface area (Å²) in [6.45, 7) is 0. The Bertz CT molecular complexity index is 403. The van der Waals surface area contributed by atoms with E-state index in [0.717, 1.165) is 0 Å². The van der Waals surface area contributed by atoms with E-state index < -0.39 is 0 Å². The van der Waals surface area contributed by atoms with Crippen molar-refractivity contribution in [2.75, 3.05) is 0 Å². The average molecular weight is 204 g/mol. The van der Waals surface area contributed by atoms with Crippen molar-refractivity contribution in [3.8, 4) is 0 Å². The smallest absolute Gasteiger partial charge is 0.0863 e. The van der Waals surface area contributed by atoms with Crippen LogP contribution in [0.2, 0.25) is 0 Å². The molecule has 0 aliphatic carbocycles. The molecule has 0 aliphatic rings. The molecule has 1 unspecified atom stereocenters. The fraction of sp³-hybridized carbons (Fsp3) is 0. The number of hydrogen-bond acceptors (Lipinski definition) is 3. The van der Waals surface area contributed by atoms with Gasteiger partial charge in [-0.25, -0.2) is 0 Å². The molecule has 0 aromatic carbocycles. The van der Waals surface area contributed by atoms with Gasteiger partial charge in [0.05, 0.1) is 12.0 Å². The Labute approximate surface area is 79.0 Å². The first-order valence-corrected chi connectivity index (χ1v) is 3.13. The molecular formula is C5H4N4PV-. The molecule has 0 saturated carbocycles. The maximum Gasteiger partial charge on any atom is 0.0863 e. The average Bonchev–Trinajstić information content (AvgIpc) is 2.33. The van der Waals surface area contributed by atoms with Gasteiger partial charge in [0, 0.05) is 31.7 Å². The van der Waals surface area contributed by atoms with Crippen molar-refractivity contribution in [1.29, 1.82) is 0 Å². The summed E-state index contributed by atoms with van der Waals surface area (Å²) in [4.78, 5) is 11.3. The van der Waals surface area contributed by atoms with Crippen LogP contribution < -0.4 is 0 Å². The third-order valence-corrected chi connectivity index (χ3v) is 1.51. The van der Waals surface area contributed by atoms with Crippen LogP contribution in [0.3, 0.4) is 0 Å². The molecule has 2 aromatic rings. The van der Waals surface area contributed by atoms with E-state index in [-0.39, 0.29) is 24.9 Å². The molecule has 0 spiro atoms. The Morgan fingerprint density at radius 2 is 2.45 bits per heavy atom. The van der Waals surface area contributed by atoms with Crippen LogP contribution in [0.1, 0.15) is 1.37 Å². The van der Waals surface area contributed by atoms with Gasteiger partial charge in [0.15, 0.2) is 0 Å². The first-order chi connectivity index (χ1) is 5.27. The molecule has 1 radical (unpaired) electrons. The molecule has 11 heavy (non-hydrogen) atoms. The van der Waals surface area contributed by atoms with Crippen LogP contribution in [0.5, 0.6) is 0 Å². The van der Waals surface area contributed by atoms with Gasteiger partial charge in [-0.2, -0.15) is 0 Å². The van der Waals surface area contributed by atoms with Gasteiger partial charge >= 0.3 is 0 Å². The van der Waals surface area contributed by atoms with Crippen molar-refractivity contribution in [2.45, 2.75) is 0 Å². The molecule has 0 bridgehead atoms. The number of rotatable bonds is 0. The fourth-order valence-electron chi connectivity index (χ4n) is 0.695. The summed E-state index contributed by atoms with van der Waals surface area (Å²) < 4.78 is 8.75. The third-order valence-electron chi connectivity index (χ3n) is 1.14. The number of aromatic nitrogens is 4. The molecular weight excluding hydrogens is 198 g/mol. The molecule has 0 aliphatic heterocycles. The minimum absolute atomic E-state index is 0. The topological polar surface area (TPSA) is 43.6 Å². The van der Waals surface area contributed by atoms with Crippen molar-refractivity contribution in [3.05, 3.63) is 18.8 Å². The van der Waals surface area contributed by atoms with E-state index in [1.807, 2.05) is 0 Å². The Morgan fingerprint density at radius 1 is 1.64 bits per heavy atom. The van der Waals surface area contributed by atoms with E-state index in [9.17, 15) is 0 Å². The zero-order valence-electron chi connectivity index (χ0n) is 6.39. The van der Waals surface area contributed by atoms with Crippen molar-refractivity contribution in [3.63, 3.8) is 0 Å². The zero-order valence-corrected chi connectivity index (χ0v) is 7.94. The minimum Gasteiger partial charge on any atom is -0.374 e. The van der Waals surface area contributed by atoms with E-state index in [1.165, 1.54) is 0 Å². The van der Waals surface area contributed by atoms with Crippen molar-refractivity contribution in [2.24, 2.45) is 0 Å². The Morgan fingerprint density at radius 3 is 3.27 bits per heavy atom. The van der Waals surface area contributed by atoms with Crippen LogP contribution in [0.25, 0.3) is 11.2 Å². The molecule has 2 rings (SSSR count). The Balaban J connectivity index is 0.000000720. The van der Waals surface area contributed by atoms with E-state index in [1.54, 1.807) is 10.7 Å². The van der Waals surface area contributed by atoms with Crippen LogP contribution in [-0.4, -0.2) is 19.3 Å². The summed E-state index contributed by atoms with van der Waals surface area (Å²) in [5.74, 6) is 0. The first kappa shape index (κ1) is 7.23. The van der Waals surface area contributed by atoms with Crippen LogP contribution >= 0.6 is 9.39 Å². The summed E-state index contributed by atoms with van der Waals surface area (Å²) in [6.07, 6.45) is 4.14. The summed E-state index contributed by atoms with van der Waals surface area (Å²) >= 11 is 0. The molecule has 0 amide bonds. The molecule has 6 heteroatoms. The van der Waals surface area contributed by atoms with Gasteiger partial charge in [-0.1, -0.05) is 0 Å². The van der Waals surface area contributed by atoms with Crippen LogP contribution in [-0.2, 0) is 18.6 Å². The second kappa shape index (κ2) is 3.31. The monoisotopic (exact) mass is 204 g/mol. The fourth-order valence-corrected chi connectivity index (χ4v) is 0.941. The number of nitrogens with zero attached hydrogens (tertiary/aromatic N) is 4. The van der Waals surface area contributed by atoms with E-state index in [4.69, 9.17) is 1.37 Å². The van der Waals surface area contributed by atoms with E-state index in [2.05, 4.69) is 30.5 Å². The summed E-state index contributed by atoms with van der Waals surface area (Å²) in [5.41, 5.74) is 1.19. The van der Waals surface area contributed by atoms with Gasteiger partial charge < -0.3 is 14.3 Å². The molecule has 0 saturated heterocycles. The van der Waals surface area contributed by atoms with Gasteiger partial charge in [-0.15, -0.1) is 0 Å². The maximum absolute atomic E-state index is 7.11. The number of hydrogen-bond donors (Lipinski definition) is 0. The second-order valence-electron chi connectivity index (χ2n) is 1.76.